The monoisotopic (exact) mass is 285 g/mol. The van der Waals surface area contributed by atoms with Crippen molar-refractivity contribution in [1.29, 1.82) is 0 Å². The summed E-state index contributed by atoms with van der Waals surface area (Å²) in [5.74, 6) is 0.131. The predicted molar refractivity (Wildman–Crippen MR) is 60.4 cm³/mol. The lowest BCUT2D eigenvalue weighted by Crippen LogP contribution is -2.40. The molecule has 1 heterocycles. The van der Waals surface area contributed by atoms with Crippen molar-refractivity contribution in [3.8, 4) is 0 Å². The zero-order chi connectivity index (χ0) is 9.42. The Labute approximate surface area is 90.4 Å². The summed E-state index contributed by atoms with van der Waals surface area (Å²) in [5.41, 5.74) is 1.80. The maximum atomic E-state index is 11.2. The molecular weight excluding hydrogens is 277 g/mol. The molecule has 1 amide bonds. The largest absolute Gasteiger partial charge is 0.285 e. The van der Waals surface area contributed by atoms with Crippen molar-refractivity contribution in [2.45, 2.75) is 6.42 Å². The minimum absolute atomic E-state index is 0.131. The van der Waals surface area contributed by atoms with E-state index < -0.39 is 0 Å². The molecule has 0 atom stereocenters. The second-order valence-electron chi connectivity index (χ2n) is 2.95. The Hall–Kier alpha value is -0.840. The van der Waals surface area contributed by atoms with Gasteiger partial charge in [0.15, 0.2) is 0 Å². The number of hydrogen-bond acceptors (Lipinski definition) is 1. The van der Waals surface area contributed by atoms with E-state index in [1.165, 1.54) is 3.57 Å². The molecule has 3 heteroatoms. The van der Waals surface area contributed by atoms with Gasteiger partial charge in [-0.15, -0.1) is 0 Å². The lowest BCUT2D eigenvalue weighted by Gasteiger charge is -2.33. The normalized spacial score (nSPS) is 15.9. The molecule has 1 aliphatic rings. The van der Waals surface area contributed by atoms with E-state index in [9.17, 15) is 4.79 Å². The third-order valence-electron chi connectivity index (χ3n) is 2.01. The molecule has 1 fully saturated rings. The fourth-order valence-electron chi connectivity index (χ4n) is 1.33. The summed E-state index contributed by atoms with van der Waals surface area (Å²) in [7, 11) is 0. The van der Waals surface area contributed by atoms with Crippen LogP contribution in [0.2, 0.25) is 0 Å². The van der Waals surface area contributed by atoms with Crippen LogP contribution in [0.4, 0.5) is 5.69 Å². The molecule has 66 valence electrons. The van der Waals surface area contributed by atoms with Gasteiger partial charge < -0.3 is 0 Å². The quantitative estimate of drug-likeness (QED) is 0.573. The van der Waals surface area contributed by atoms with Crippen molar-refractivity contribution in [1.82, 2.24) is 0 Å². The molecule has 0 radical (unpaired) electrons. The molecule has 1 saturated heterocycles. The molecule has 2 rings (SSSR count). The van der Waals surface area contributed by atoms with Crippen LogP contribution in [0.1, 0.15) is 6.42 Å². The van der Waals surface area contributed by atoms with Gasteiger partial charge in [-0.05, 0) is 46.9 Å². The Balaban J connectivity index is 2.30. The number of β-lactam (4-membered cyclic amide) rings is 1. The minimum Gasteiger partial charge on any atom is -0.285 e. The fourth-order valence-corrected chi connectivity index (χ4v) is 1.69. The first kappa shape index (κ1) is 8.74. The summed E-state index contributed by atoms with van der Waals surface area (Å²) < 4.78 is 1.17. The van der Waals surface area contributed by atoms with Gasteiger partial charge in [-0.2, -0.15) is 0 Å². The topological polar surface area (TPSA) is 20.3 Å². The van der Waals surface area contributed by atoms with Crippen LogP contribution in [-0.4, -0.2) is 5.91 Å². The van der Waals surface area contributed by atoms with Gasteiger partial charge in [0.25, 0.3) is 0 Å². The van der Waals surface area contributed by atoms with Crippen molar-refractivity contribution in [3.05, 3.63) is 40.1 Å². The van der Waals surface area contributed by atoms with Gasteiger partial charge in [-0.1, -0.05) is 6.58 Å². The summed E-state index contributed by atoms with van der Waals surface area (Å²) in [5, 5.41) is 0. The molecular formula is C10H8INO. The van der Waals surface area contributed by atoms with Crippen molar-refractivity contribution in [3.63, 3.8) is 0 Å². The second kappa shape index (κ2) is 3.14. The second-order valence-corrected chi connectivity index (χ2v) is 4.19. The summed E-state index contributed by atoms with van der Waals surface area (Å²) in [6, 6.07) is 7.83. The van der Waals surface area contributed by atoms with E-state index in [1.54, 1.807) is 4.90 Å². The van der Waals surface area contributed by atoms with Crippen LogP contribution >= 0.6 is 22.6 Å². The van der Waals surface area contributed by atoms with E-state index in [0.717, 1.165) is 11.4 Å². The van der Waals surface area contributed by atoms with Crippen LogP contribution in [0.15, 0.2) is 36.5 Å². The molecule has 0 bridgehead atoms. The molecule has 0 saturated carbocycles. The number of hydrogen-bond donors (Lipinski definition) is 0. The van der Waals surface area contributed by atoms with Crippen molar-refractivity contribution in [2.75, 3.05) is 4.90 Å². The lowest BCUT2D eigenvalue weighted by atomic mass is 10.1. The molecule has 0 unspecified atom stereocenters. The highest BCUT2D eigenvalue weighted by molar-refractivity contribution is 14.1. The number of anilines is 1. The average molecular weight is 285 g/mol. The Bertz CT molecular complexity index is 355. The smallest absolute Gasteiger partial charge is 0.237 e. The Morgan fingerprint density at radius 3 is 2.38 bits per heavy atom. The maximum Gasteiger partial charge on any atom is 0.237 e. The first-order valence-corrected chi connectivity index (χ1v) is 5.02. The average Bonchev–Trinajstić information content (AvgIpc) is 2.09. The van der Waals surface area contributed by atoms with Gasteiger partial charge in [0.1, 0.15) is 0 Å². The molecule has 1 aromatic rings. The van der Waals surface area contributed by atoms with Crippen molar-refractivity contribution >= 4 is 34.2 Å². The third kappa shape index (κ3) is 1.48. The van der Waals surface area contributed by atoms with E-state index in [2.05, 4.69) is 29.2 Å². The highest BCUT2D eigenvalue weighted by Gasteiger charge is 2.29. The van der Waals surface area contributed by atoms with Crippen LogP contribution in [0.25, 0.3) is 0 Å². The summed E-state index contributed by atoms with van der Waals surface area (Å²) in [4.78, 5) is 12.8. The molecule has 1 aliphatic heterocycles. The highest BCUT2D eigenvalue weighted by Crippen LogP contribution is 2.29. The van der Waals surface area contributed by atoms with Crippen LogP contribution in [0.3, 0.4) is 0 Å². The van der Waals surface area contributed by atoms with E-state index >= 15 is 0 Å². The highest BCUT2D eigenvalue weighted by atomic mass is 127. The minimum atomic E-state index is 0.131. The van der Waals surface area contributed by atoms with Crippen LogP contribution in [-0.2, 0) is 4.79 Å². The third-order valence-corrected chi connectivity index (χ3v) is 2.72. The molecule has 13 heavy (non-hydrogen) atoms. The number of carbonyl (C=O) groups excluding carboxylic acids is 1. The molecule has 0 aliphatic carbocycles. The number of amides is 1. The Kier molecular flexibility index (Phi) is 2.11. The van der Waals surface area contributed by atoms with E-state index in [4.69, 9.17) is 0 Å². The molecule has 0 spiro atoms. The number of nitrogens with zero attached hydrogens (tertiary/aromatic N) is 1. The number of benzene rings is 1. The summed E-state index contributed by atoms with van der Waals surface area (Å²) >= 11 is 2.23. The molecule has 0 N–H and O–H groups in total. The van der Waals surface area contributed by atoms with Gasteiger partial charge in [-0.25, -0.2) is 0 Å². The molecule has 2 nitrogen and oxygen atoms in total. The van der Waals surface area contributed by atoms with E-state index in [-0.39, 0.29) is 5.91 Å². The van der Waals surface area contributed by atoms with E-state index in [0.29, 0.717) is 6.42 Å². The van der Waals surface area contributed by atoms with Crippen molar-refractivity contribution in [2.24, 2.45) is 0 Å². The predicted octanol–water partition coefficient (Wildman–Crippen LogP) is 2.54. The lowest BCUT2D eigenvalue weighted by molar-refractivity contribution is -0.120. The maximum absolute atomic E-state index is 11.2. The van der Waals surface area contributed by atoms with Gasteiger partial charge >= 0.3 is 0 Å². The number of halogens is 1. The van der Waals surface area contributed by atoms with Crippen molar-refractivity contribution < 1.29 is 4.79 Å². The number of carbonyl (C=O) groups is 1. The zero-order valence-corrected chi connectivity index (χ0v) is 9.11. The van der Waals surface area contributed by atoms with E-state index in [1.807, 2.05) is 24.3 Å². The molecule has 0 aromatic heterocycles. The van der Waals surface area contributed by atoms with Gasteiger partial charge in [-0.3, -0.25) is 9.69 Å². The Morgan fingerprint density at radius 2 is 1.92 bits per heavy atom. The molecule has 1 aromatic carbocycles. The number of rotatable bonds is 1. The van der Waals surface area contributed by atoms with Crippen LogP contribution in [0, 0.1) is 3.57 Å². The summed E-state index contributed by atoms with van der Waals surface area (Å²) in [6.07, 6.45) is 0.492. The van der Waals surface area contributed by atoms with Crippen LogP contribution < -0.4 is 4.90 Å². The van der Waals surface area contributed by atoms with Crippen LogP contribution in [0.5, 0.6) is 0 Å². The van der Waals surface area contributed by atoms with Gasteiger partial charge in [0, 0.05) is 15.0 Å². The van der Waals surface area contributed by atoms with Gasteiger partial charge in [0.05, 0.1) is 6.42 Å². The Morgan fingerprint density at radius 1 is 1.31 bits per heavy atom. The summed E-state index contributed by atoms with van der Waals surface area (Å²) in [6.45, 7) is 3.79. The fraction of sp³-hybridized carbons (Fsp3) is 0.100. The SMILES string of the molecule is C=C1CC(=O)N1c1ccc(I)cc1. The standard InChI is InChI=1S/C10H8INO/c1-7-6-10(13)12(7)9-4-2-8(11)3-5-9/h2-5H,1,6H2. The zero-order valence-electron chi connectivity index (χ0n) is 6.96. The first-order valence-electron chi connectivity index (χ1n) is 3.95. The first-order chi connectivity index (χ1) is 6.18. The van der Waals surface area contributed by atoms with Gasteiger partial charge in [0.2, 0.25) is 5.91 Å².